The maximum atomic E-state index is 13.6. The highest BCUT2D eigenvalue weighted by atomic mass is 35.5. The van der Waals surface area contributed by atoms with Crippen LogP contribution in [0.15, 0.2) is 71.6 Å². The number of likely N-dealkylation sites (tertiary alicyclic amines) is 1. The van der Waals surface area contributed by atoms with E-state index in [0.29, 0.717) is 12.3 Å². The van der Waals surface area contributed by atoms with Gasteiger partial charge in [0, 0.05) is 13.1 Å². The van der Waals surface area contributed by atoms with Crippen molar-refractivity contribution in [2.75, 3.05) is 31.0 Å². The maximum Gasteiger partial charge on any atom is 0.264 e. The van der Waals surface area contributed by atoms with Crippen molar-refractivity contribution in [1.29, 1.82) is 0 Å². The number of nitrogens with zero attached hydrogens (tertiary/aromatic N) is 2. The molecule has 4 rings (SSSR count). The summed E-state index contributed by atoms with van der Waals surface area (Å²) in [5, 5.41) is 3.11. The number of methoxy groups -OCH3 is 1. The molecule has 0 unspecified atom stereocenters. The highest BCUT2D eigenvalue weighted by Gasteiger charge is 2.28. The van der Waals surface area contributed by atoms with Crippen LogP contribution in [0.4, 0.5) is 5.69 Å². The first-order valence-corrected chi connectivity index (χ1v) is 14.6. The van der Waals surface area contributed by atoms with Gasteiger partial charge in [-0.3, -0.25) is 14.0 Å². The van der Waals surface area contributed by atoms with Crippen molar-refractivity contribution < 1.29 is 17.9 Å². The molecule has 0 radical (unpaired) electrons. The normalized spacial score (nSPS) is 14.2. The van der Waals surface area contributed by atoms with Crippen LogP contribution in [0, 0.1) is 6.92 Å². The van der Waals surface area contributed by atoms with Gasteiger partial charge in [0.2, 0.25) is 5.91 Å². The van der Waals surface area contributed by atoms with Gasteiger partial charge in [-0.2, -0.15) is 0 Å². The lowest BCUT2D eigenvalue weighted by Crippen LogP contribution is -2.40. The Bertz CT molecular complexity index is 1340. The molecule has 0 aliphatic carbocycles. The standard InChI is InChI=1S/C29H34ClN3O4S/c1-22-6-13-26(14-7-22)38(35,36)33(25-12-15-28(37-2)27(30)18-25)21-29(34)31-19-23-8-10-24(11-9-23)20-32-16-4-3-5-17-32/h6-15,18H,3-5,16-17,19-21H2,1-2H3,(H,31,34). The number of anilines is 1. The van der Waals surface area contributed by atoms with Crippen molar-refractivity contribution in [3.63, 3.8) is 0 Å². The van der Waals surface area contributed by atoms with Crippen molar-refractivity contribution in [3.05, 3.63) is 88.4 Å². The summed E-state index contributed by atoms with van der Waals surface area (Å²) in [5.41, 5.74) is 3.39. The number of carbonyl (C=O) groups excluding carboxylic acids is 1. The number of ether oxygens (including phenoxy) is 1. The van der Waals surface area contributed by atoms with Crippen LogP contribution in [0.5, 0.6) is 5.75 Å². The number of carbonyl (C=O) groups is 1. The van der Waals surface area contributed by atoms with Crippen LogP contribution >= 0.6 is 11.6 Å². The number of rotatable bonds is 10. The van der Waals surface area contributed by atoms with Crippen LogP contribution in [0.2, 0.25) is 5.02 Å². The number of hydrogen-bond donors (Lipinski definition) is 1. The van der Waals surface area contributed by atoms with Crippen molar-refractivity contribution in [1.82, 2.24) is 10.2 Å². The van der Waals surface area contributed by atoms with Gasteiger partial charge in [-0.1, -0.05) is 60.0 Å². The fourth-order valence-electron chi connectivity index (χ4n) is 4.49. The van der Waals surface area contributed by atoms with E-state index < -0.39 is 22.5 Å². The van der Waals surface area contributed by atoms with Gasteiger partial charge in [-0.15, -0.1) is 0 Å². The van der Waals surface area contributed by atoms with E-state index in [0.717, 1.165) is 35.1 Å². The molecule has 1 fully saturated rings. The minimum atomic E-state index is -4.04. The Labute approximate surface area is 230 Å². The van der Waals surface area contributed by atoms with Crippen LogP contribution < -0.4 is 14.4 Å². The molecule has 3 aromatic carbocycles. The highest BCUT2D eigenvalue weighted by molar-refractivity contribution is 7.92. The molecule has 1 aliphatic heterocycles. The summed E-state index contributed by atoms with van der Waals surface area (Å²) in [6, 6.07) is 19.3. The van der Waals surface area contributed by atoms with E-state index in [1.807, 2.05) is 19.1 Å². The second-order valence-electron chi connectivity index (χ2n) is 9.57. The lowest BCUT2D eigenvalue weighted by molar-refractivity contribution is -0.119. The zero-order valence-electron chi connectivity index (χ0n) is 21.8. The number of piperidine rings is 1. The molecule has 38 heavy (non-hydrogen) atoms. The number of benzene rings is 3. The molecule has 1 amide bonds. The molecule has 7 nitrogen and oxygen atoms in total. The van der Waals surface area contributed by atoms with Crippen LogP contribution in [0.3, 0.4) is 0 Å². The summed E-state index contributed by atoms with van der Waals surface area (Å²) < 4.78 is 33.4. The highest BCUT2D eigenvalue weighted by Crippen LogP contribution is 2.32. The minimum absolute atomic E-state index is 0.0899. The smallest absolute Gasteiger partial charge is 0.264 e. The van der Waals surface area contributed by atoms with Crippen molar-refractivity contribution in [2.45, 2.75) is 44.2 Å². The second kappa shape index (κ2) is 12.7. The average Bonchev–Trinajstić information content (AvgIpc) is 2.92. The van der Waals surface area contributed by atoms with Gasteiger partial charge in [0.05, 0.1) is 22.7 Å². The monoisotopic (exact) mass is 555 g/mol. The van der Waals surface area contributed by atoms with E-state index in [9.17, 15) is 13.2 Å². The number of hydrogen-bond acceptors (Lipinski definition) is 5. The van der Waals surface area contributed by atoms with Crippen molar-refractivity contribution >= 4 is 33.2 Å². The summed E-state index contributed by atoms with van der Waals surface area (Å²) >= 11 is 6.29. The Hall–Kier alpha value is -3.07. The summed E-state index contributed by atoms with van der Waals surface area (Å²) in [5.74, 6) is -0.0127. The molecule has 1 N–H and O–H groups in total. The van der Waals surface area contributed by atoms with Gasteiger partial charge in [0.1, 0.15) is 12.3 Å². The molecule has 1 saturated heterocycles. The molecule has 9 heteroatoms. The zero-order valence-corrected chi connectivity index (χ0v) is 23.4. The fourth-order valence-corrected chi connectivity index (χ4v) is 6.15. The Morgan fingerprint density at radius 2 is 1.63 bits per heavy atom. The van der Waals surface area contributed by atoms with Crippen LogP contribution in [-0.4, -0.2) is 46.0 Å². The van der Waals surface area contributed by atoms with Crippen LogP contribution in [0.25, 0.3) is 0 Å². The van der Waals surface area contributed by atoms with E-state index >= 15 is 0 Å². The maximum absolute atomic E-state index is 13.6. The van der Waals surface area contributed by atoms with E-state index in [4.69, 9.17) is 16.3 Å². The van der Waals surface area contributed by atoms with Gasteiger partial charge >= 0.3 is 0 Å². The Morgan fingerprint density at radius 1 is 0.974 bits per heavy atom. The van der Waals surface area contributed by atoms with Crippen molar-refractivity contribution in [2.24, 2.45) is 0 Å². The molecule has 0 spiro atoms. The van der Waals surface area contributed by atoms with Crippen LogP contribution in [0.1, 0.15) is 36.0 Å². The molecule has 1 heterocycles. The Balaban J connectivity index is 1.46. The van der Waals surface area contributed by atoms with Gasteiger partial charge in [0.25, 0.3) is 10.0 Å². The molecule has 0 bridgehead atoms. The molecule has 0 aromatic heterocycles. The van der Waals surface area contributed by atoms with E-state index in [2.05, 4.69) is 22.3 Å². The topological polar surface area (TPSA) is 79.0 Å². The van der Waals surface area contributed by atoms with Gasteiger partial charge in [0.15, 0.2) is 0 Å². The van der Waals surface area contributed by atoms with E-state index in [-0.39, 0.29) is 15.6 Å². The Kier molecular flexibility index (Phi) is 9.31. The van der Waals surface area contributed by atoms with E-state index in [1.54, 1.807) is 24.3 Å². The quantitative estimate of drug-likeness (QED) is 0.374. The van der Waals surface area contributed by atoms with Crippen LogP contribution in [-0.2, 0) is 27.9 Å². The first kappa shape index (κ1) is 28.0. The predicted octanol–water partition coefficient (Wildman–Crippen LogP) is 5.15. The largest absolute Gasteiger partial charge is 0.495 e. The zero-order chi connectivity index (χ0) is 27.1. The predicted molar refractivity (Wildman–Crippen MR) is 151 cm³/mol. The third-order valence-corrected chi connectivity index (χ3v) is 8.77. The van der Waals surface area contributed by atoms with Gasteiger partial charge in [-0.05, 0) is 74.3 Å². The van der Waals surface area contributed by atoms with Crippen molar-refractivity contribution in [3.8, 4) is 5.75 Å². The average molecular weight is 556 g/mol. The van der Waals surface area contributed by atoms with Gasteiger partial charge in [-0.25, -0.2) is 8.42 Å². The lowest BCUT2D eigenvalue weighted by atomic mass is 10.1. The second-order valence-corrected chi connectivity index (χ2v) is 11.8. The SMILES string of the molecule is COc1ccc(N(CC(=O)NCc2ccc(CN3CCCCC3)cc2)S(=O)(=O)c2ccc(C)cc2)cc1Cl. The third kappa shape index (κ3) is 7.07. The molecular formula is C29H34ClN3O4S. The first-order valence-electron chi connectivity index (χ1n) is 12.8. The third-order valence-electron chi connectivity index (χ3n) is 6.69. The summed E-state index contributed by atoms with van der Waals surface area (Å²) in [6.45, 7) is 4.99. The molecule has 1 aliphatic rings. The number of sulfonamides is 1. The fraction of sp³-hybridized carbons (Fsp3) is 0.345. The molecule has 202 valence electrons. The van der Waals surface area contributed by atoms with Gasteiger partial charge < -0.3 is 10.1 Å². The number of halogens is 1. The molecule has 3 aromatic rings. The number of nitrogens with one attached hydrogen (secondary N) is 1. The summed E-state index contributed by atoms with van der Waals surface area (Å²) in [6.07, 6.45) is 3.82. The molecular weight excluding hydrogens is 522 g/mol. The minimum Gasteiger partial charge on any atom is -0.495 e. The first-order chi connectivity index (χ1) is 18.3. The lowest BCUT2D eigenvalue weighted by Gasteiger charge is -2.26. The molecule has 0 saturated carbocycles. The summed E-state index contributed by atoms with van der Waals surface area (Å²) in [4.78, 5) is 15.5. The van der Waals surface area contributed by atoms with E-state index in [1.165, 1.54) is 50.1 Å². The number of amides is 1. The Morgan fingerprint density at radius 3 is 2.26 bits per heavy atom. The molecule has 0 atom stereocenters. The number of aryl methyl sites for hydroxylation is 1. The summed E-state index contributed by atoms with van der Waals surface area (Å²) in [7, 11) is -2.56.